The van der Waals surface area contributed by atoms with Gasteiger partial charge in [-0.2, -0.15) is 0 Å². The molecule has 0 bridgehead atoms. The Kier molecular flexibility index (Phi) is 5.90. The molecule has 0 aliphatic carbocycles. The van der Waals surface area contributed by atoms with Crippen LogP contribution in [0.2, 0.25) is 0 Å². The van der Waals surface area contributed by atoms with Gasteiger partial charge in [0.05, 0.1) is 30.5 Å². The van der Waals surface area contributed by atoms with Crippen molar-refractivity contribution in [3.63, 3.8) is 0 Å². The van der Waals surface area contributed by atoms with Crippen molar-refractivity contribution in [1.29, 1.82) is 0 Å². The second kappa shape index (κ2) is 9.13. The Hall–Kier alpha value is -3.55. The third kappa shape index (κ3) is 4.25. The average molecular weight is 445 g/mol. The summed E-state index contributed by atoms with van der Waals surface area (Å²) in [6.45, 7) is 5.01. The first-order chi connectivity index (χ1) is 16.1. The van der Waals surface area contributed by atoms with E-state index in [0.29, 0.717) is 18.9 Å². The molecule has 2 aromatic carbocycles. The predicted molar refractivity (Wildman–Crippen MR) is 126 cm³/mol. The van der Waals surface area contributed by atoms with E-state index < -0.39 is 11.7 Å². The zero-order chi connectivity index (χ0) is 22.8. The van der Waals surface area contributed by atoms with Crippen molar-refractivity contribution in [2.75, 3.05) is 31.6 Å². The molecule has 5 rings (SSSR count). The second-order valence-electron chi connectivity index (χ2n) is 8.16. The summed E-state index contributed by atoms with van der Waals surface area (Å²) in [4.78, 5) is 23.2. The number of ether oxygens (including phenoxy) is 1. The number of nitrogens with one attached hydrogen (secondary N) is 2. The zero-order valence-electron chi connectivity index (χ0n) is 18.3. The quantitative estimate of drug-likeness (QED) is 0.469. The Morgan fingerprint density at radius 2 is 1.91 bits per heavy atom. The molecule has 7 heteroatoms. The molecule has 3 heterocycles. The standard InChI is InChI=1S/C26H25FN4O2/c1-17-24(25(23-8-4-5-11-28-23)31-12-14-33-15-13-31)20-16-18(9-10-22(20)29-17)30-26(32)19-6-2-3-7-21(19)27/h2-11,16,25,29H,12-15H2,1H3,(H,30,32)/t25-/m0/s1. The van der Waals surface area contributed by atoms with E-state index in [2.05, 4.69) is 27.1 Å². The molecule has 6 nitrogen and oxygen atoms in total. The zero-order valence-corrected chi connectivity index (χ0v) is 18.3. The van der Waals surface area contributed by atoms with Gasteiger partial charge in [0, 0.05) is 47.1 Å². The van der Waals surface area contributed by atoms with Crippen molar-refractivity contribution >= 4 is 22.5 Å². The number of aryl methyl sites for hydroxylation is 1. The summed E-state index contributed by atoms with van der Waals surface area (Å²) in [6.07, 6.45) is 1.81. The van der Waals surface area contributed by atoms with Crippen LogP contribution in [0.1, 0.15) is 33.4 Å². The number of carbonyl (C=O) groups is 1. The van der Waals surface area contributed by atoms with Crippen molar-refractivity contribution in [1.82, 2.24) is 14.9 Å². The molecular formula is C26H25FN4O2. The SMILES string of the molecule is Cc1[nH]c2ccc(NC(=O)c3ccccc3F)cc2c1[C@H](c1ccccn1)N1CCOCC1. The van der Waals surface area contributed by atoms with Crippen molar-refractivity contribution < 1.29 is 13.9 Å². The van der Waals surface area contributed by atoms with Crippen LogP contribution >= 0.6 is 0 Å². The van der Waals surface area contributed by atoms with Gasteiger partial charge in [-0.15, -0.1) is 0 Å². The van der Waals surface area contributed by atoms with Gasteiger partial charge in [-0.25, -0.2) is 4.39 Å². The topological polar surface area (TPSA) is 70.2 Å². The minimum absolute atomic E-state index is 0.0164. The molecule has 1 aliphatic heterocycles. The van der Waals surface area contributed by atoms with Crippen LogP contribution in [0.4, 0.5) is 10.1 Å². The number of amides is 1. The maximum atomic E-state index is 14.1. The Bertz CT molecular complexity index is 1280. The van der Waals surface area contributed by atoms with Gasteiger partial charge in [0.15, 0.2) is 0 Å². The molecule has 1 atom stereocenters. The molecule has 0 radical (unpaired) electrons. The minimum atomic E-state index is -0.545. The molecule has 1 aliphatic rings. The molecule has 0 saturated carbocycles. The highest BCUT2D eigenvalue weighted by molar-refractivity contribution is 6.05. The van der Waals surface area contributed by atoms with Crippen LogP contribution in [0.15, 0.2) is 66.9 Å². The summed E-state index contributed by atoms with van der Waals surface area (Å²) in [6, 6.07) is 17.6. The third-order valence-electron chi connectivity index (χ3n) is 6.06. The number of anilines is 1. The Labute approximate surface area is 191 Å². The Morgan fingerprint density at radius 1 is 1.12 bits per heavy atom. The van der Waals surface area contributed by atoms with E-state index >= 15 is 0 Å². The van der Waals surface area contributed by atoms with Crippen LogP contribution < -0.4 is 5.32 Å². The van der Waals surface area contributed by atoms with E-state index in [1.807, 2.05) is 42.6 Å². The summed E-state index contributed by atoms with van der Waals surface area (Å²) in [5, 5.41) is 3.84. The highest BCUT2D eigenvalue weighted by Gasteiger charge is 2.29. The van der Waals surface area contributed by atoms with Crippen molar-refractivity contribution in [3.05, 3.63) is 95.2 Å². The fourth-order valence-electron chi connectivity index (χ4n) is 4.51. The number of nitrogens with zero attached hydrogens (tertiary/aromatic N) is 2. The lowest BCUT2D eigenvalue weighted by Gasteiger charge is -2.34. The largest absolute Gasteiger partial charge is 0.379 e. The van der Waals surface area contributed by atoms with Gasteiger partial charge < -0.3 is 15.0 Å². The number of hydrogen-bond donors (Lipinski definition) is 2. The lowest BCUT2D eigenvalue weighted by atomic mass is 9.97. The first kappa shape index (κ1) is 21.3. The fraction of sp³-hybridized carbons (Fsp3) is 0.231. The lowest BCUT2D eigenvalue weighted by molar-refractivity contribution is 0.0234. The molecule has 1 saturated heterocycles. The van der Waals surface area contributed by atoms with E-state index in [4.69, 9.17) is 4.74 Å². The number of benzene rings is 2. The number of halogens is 1. The van der Waals surface area contributed by atoms with Gasteiger partial charge in [-0.05, 0) is 49.4 Å². The van der Waals surface area contributed by atoms with Crippen LogP contribution in [0.3, 0.4) is 0 Å². The summed E-state index contributed by atoms with van der Waals surface area (Å²) in [5.74, 6) is -1.02. The van der Waals surface area contributed by atoms with Gasteiger partial charge in [-0.1, -0.05) is 18.2 Å². The van der Waals surface area contributed by atoms with Crippen LogP contribution in [0.25, 0.3) is 10.9 Å². The number of fused-ring (bicyclic) bond motifs is 1. The number of rotatable bonds is 5. The maximum absolute atomic E-state index is 14.1. The number of H-pyrrole nitrogens is 1. The first-order valence-corrected chi connectivity index (χ1v) is 11.0. The van der Waals surface area contributed by atoms with Crippen molar-refractivity contribution in [2.24, 2.45) is 0 Å². The Balaban J connectivity index is 1.56. The molecule has 33 heavy (non-hydrogen) atoms. The van der Waals surface area contributed by atoms with E-state index in [9.17, 15) is 9.18 Å². The van der Waals surface area contributed by atoms with Crippen LogP contribution in [-0.2, 0) is 4.74 Å². The number of carbonyl (C=O) groups excluding carboxylic acids is 1. The summed E-state index contributed by atoms with van der Waals surface area (Å²) >= 11 is 0. The van der Waals surface area contributed by atoms with Gasteiger partial charge in [0.2, 0.25) is 0 Å². The van der Waals surface area contributed by atoms with E-state index in [1.165, 1.54) is 12.1 Å². The van der Waals surface area contributed by atoms with Crippen LogP contribution in [0.5, 0.6) is 0 Å². The summed E-state index contributed by atoms with van der Waals surface area (Å²) in [5.41, 5.74) is 4.72. The molecule has 0 unspecified atom stereocenters. The maximum Gasteiger partial charge on any atom is 0.258 e. The van der Waals surface area contributed by atoms with Gasteiger partial charge in [0.25, 0.3) is 5.91 Å². The average Bonchev–Trinajstić information content (AvgIpc) is 3.16. The highest BCUT2D eigenvalue weighted by Crippen LogP contribution is 2.37. The molecule has 0 spiro atoms. The predicted octanol–water partition coefficient (Wildman–Crippen LogP) is 4.68. The fourth-order valence-corrected chi connectivity index (χ4v) is 4.51. The van der Waals surface area contributed by atoms with Crippen LogP contribution in [-0.4, -0.2) is 47.1 Å². The smallest absolute Gasteiger partial charge is 0.258 e. The molecule has 168 valence electrons. The minimum Gasteiger partial charge on any atom is -0.379 e. The molecule has 2 aromatic heterocycles. The van der Waals surface area contributed by atoms with Gasteiger partial charge >= 0.3 is 0 Å². The molecule has 1 fully saturated rings. The van der Waals surface area contributed by atoms with Crippen molar-refractivity contribution in [3.8, 4) is 0 Å². The van der Waals surface area contributed by atoms with E-state index in [-0.39, 0.29) is 11.6 Å². The third-order valence-corrected chi connectivity index (χ3v) is 6.06. The summed E-state index contributed by atoms with van der Waals surface area (Å²) in [7, 11) is 0. The molecular weight excluding hydrogens is 419 g/mol. The van der Waals surface area contributed by atoms with Crippen molar-refractivity contribution in [2.45, 2.75) is 13.0 Å². The van der Waals surface area contributed by atoms with Crippen LogP contribution in [0, 0.1) is 12.7 Å². The number of hydrogen-bond acceptors (Lipinski definition) is 4. The van der Waals surface area contributed by atoms with Gasteiger partial charge in [0.1, 0.15) is 5.82 Å². The first-order valence-electron chi connectivity index (χ1n) is 11.0. The molecule has 4 aromatic rings. The summed E-state index contributed by atoms with van der Waals surface area (Å²) < 4.78 is 19.7. The monoisotopic (exact) mass is 444 g/mol. The number of aromatic nitrogens is 2. The number of morpholine rings is 1. The second-order valence-corrected chi connectivity index (χ2v) is 8.16. The molecule has 1 amide bonds. The highest BCUT2D eigenvalue weighted by atomic mass is 19.1. The van der Waals surface area contributed by atoms with E-state index in [0.717, 1.165) is 40.9 Å². The normalized spacial score (nSPS) is 15.5. The number of pyridine rings is 1. The molecule has 2 N–H and O–H groups in total. The lowest BCUT2D eigenvalue weighted by Crippen LogP contribution is -2.40. The van der Waals surface area contributed by atoms with Gasteiger partial charge in [-0.3, -0.25) is 14.7 Å². The number of aromatic amines is 1. The Morgan fingerprint density at radius 3 is 2.67 bits per heavy atom. The van der Waals surface area contributed by atoms with E-state index in [1.54, 1.807) is 12.1 Å².